The minimum Gasteiger partial charge on any atom is -0.383 e. The highest BCUT2D eigenvalue weighted by Crippen LogP contribution is 2.27. The number of methoxy groups -OCH3 is 1. The number of likely N-dealkylation sites (N-methyl/N-ethyl adjacent to an activating group) is 1. The quantitative estimate of drug-likeness (QED) is 0.875. The lowest BCUT2D eigenvalue weighted by Crippen LogP contribution is -2.32. The van der Waals surface area contributed by atoms with Gasteiger partial charge in [-0.15, -0.1) is 0 Å². The van der Waals surface area contributed by atoms with Crippen LogP contribution in [-0.2, 0) is 4.74 Å². The molecule has 0 heterocycles. The standard InChI is InChI=1S/C12H18BrClN2O/c1-16(5-6-17-2)12(8-15)9-3-4-11(14)10(13)7-9/h3-4,7,12H,5-6,8,15H2,1-2H3. The van der Waals surface area contributed by atoms with Gasteiger partial charge in [0, 0.05) is 30.7 Å². The predicted molar refractivity (Wildman–Crippen MR) is 75.5 cm³/mol. The molecular weight excluding hydrogens is 304 g/mol. The van der Waals surface area contributed by atoms with Crippen LogP contribution in [0.1, 0.15) is 11.6 Å². The summed E-state index contributed by atoms with van der Waals surface area (Å²) in [5.74, 6) is 0. The molecule has 0 saturated carbocycles. The lowest BCUT2D eigenvalue weighted by Gasteiger charge is -2.27. The topological polar surface area (TPSA) is 38.5 Å². The Balaban J connectivity index is 2.81. The Morgan fingerprint density at radius 2 is 2.24 bits per heavy atom. The summed E-state index contributed by atoms with van der Waals surface area (Å²) in [6.07, 6.45) is 0. The summed E-state index contributed by atoms with van der Waals surface area (Å²) < 4.78 is 5.97. The van der Waals surface area contributed by atoms with Gasteiger partial charge < -0.3 is 10.5 Å². The van der Waals surface area contributed by atoms with Crippen LogP contribution in [0.15, 0.2) is 22.7 Å². The van der Waals surface area contributed by atoms with Gasteiger partial charge in [-0.05, 0) is 40.7 Å². The van der Waals surface area contributed by atoms with E-state index in [1.807, 2.05) is 25.2 Å². The number of benzene rings is 1. The Morgan fingerprint density at radius 3 is 2.76 bits per heavy atom. The molecule has 96 valence electrons. The van der Waals surface area contributed by atoms with Gasteiger partial charge in [0.25, 0.3) is 0 Å². The van der Waals surface area contributed by atoms with Crippen LogP contribution >= 0.6 is 27.5 Å². The van der Waals surface area contributed by atoms with E-state index in [4.69, 9.17) is 22.1 Å². The molecule has 0 aliphatic rings. The zero-order valence-corrected chi connectivity index (χ0v) is 12.5. The maximum absolute atomic E-state index is 5.98. The van der Waals surface area contributed by atoms with Crippen LogP contribution in [0.3, 0.4) is 0 Å². The first kappa shape index (κ1) is 14.9. The minimum absolute atomic E-state index is 0.179. The summed E-state index contributed by atoms with van der Waals surface area (Å²) in [6, 6.07) is 6.09. The molecule has 5 heteroatoms. The zero-order valence-electron chi connectivity index (χ0n) is 10.1. The van der Waals surface area contributed by atoms with Gasteiger partial charge in [0.05, 0.1) is 11.6 Å². The maximum atomic E-state index is 5.98. The molecule has 0 radical (unpaired) electrons. The molecule has 17 heavy (non-hydrogen) atoms. The molecule has 1 rings (SSSR count). The monoisotopic (exact) mass is 320 g/mol. The predicted octanol–water partition coefficient (Wildman–Crippen LogP) is 2.68. The van der Waals surface area contributed by atoms with Crippen molar-refractivity contribution >= 4 is 27.5 Å². The van der Waals surface area contributed by atoms with Crippen molar-refractivity contribution < 1.29 is 4.74 Å². The molecular formula is C12H18BrClN2O. The molecule has 0 aliphatic heterocycles. The Hall–Kier alpha value is -0.130. The highest BCUT2D eigenvalue weighted by Gasteiger charge is 2.15. The summed E-state index contributed by atoms with van der Waals surface area (Å²) in [5.41, 5.74) is 6.99. The molecule has 0 fully saturated rings. The third kappa shape index (κ3) is 4.23. The Labute approximate surface area is 116 Å². The van der Waals surface area contributed by atoms with Gasteiger partial charge in [0.1, 0.15) is 0 Å². The van der Waals surface area contributed by atoms with E-state index in [1.54, 1.807) is 7.11 Å². The molecule has 1 unspecified atom stereocenters. The Morgan fingerprint density at radius 1 is 1.53 bits per heavy atom. The third-order valence-corrected chi connectivity index (χ3v) is 3.95. The van der Waals surface area contributed by atoms with Crippen molar-refractivity contribution in [2.75, 3.05) is 33.9 Å². The molecule has 1 aromatic rings. The van der Waals surface area contributed by atoms with Gasteiger partial charge in [-0.25, -0.2) is 0 Å². The molecule has 0 amide bonds. The van der Waals surface area contributed by atoms with E-state index in [-0.39, 0.29) is 6.04 Å². The van der Waals surface area contributed by atoms with Gasteiger partial charge in [-0.3, -0.25) is 4.90 Å². The number of nitrogens with two attached hydrogens (primary N) is 1. The molecule has 0 saturated heterocycles. The van der Waals surface area contributed by atoms with Crippen LogP contribution in [0.5, 0.6) is 0 Å². The molecule has 0 bridgehead atoms. The molecule has 1 atom stereocenters. The van der Waals surface area contributed by atoms with Gasteiger partial charge >= 0.3 is 0 Å². The summed E-state index contributed by atoms with van der Waals surface area (Å²) >= 11 is 9.41. The lowest BCUT2D eigenvalue weighted by molar-refractivity contribution is 0.140. The van der Waals surface area contributed by atoms with Crippen molar-refractivity contribution in [2.45, 2.75) is 6.04 Å². The highest BCUT2D eigenvalue weighted by atomic mass is 79.9. The fourth-order valence-electron chi connectivity index (χ4n) is 1.68. The van der Waals surface area contributed by atoms with Gasteiger partial charge in [-0.1, -0.05) is 17.7 Å². The van der Waals surface area contributed by atoms with Gasteiger partial charge in [-0.2, -0.15) is 0 Å². The third-order valence-electron chi connectivity index (χ3n) is 2.73. The van der Waals surface area contributed by atoms with Crippen LogP contribution in [-0.4, -0.2) is 38.8 Å². The first-order valence-corrected chi connectivity index (χ1v) is 6.61. The first-order chi connectivity index (χ1) is 8.10. The Bertz CT molecular complexity index is 362. The number of nitrogens with zero attached hydrogens (tertiary/aromatic N) is 1. The molecule has 0 aromatic heterocycles. The number of hydrogen-bond acceptors (Lipinski definition) is 3. The normalized spacial score (nSPS) is 13.1. The van der Waals surface area contributed by atoms with Gasteiger partial charge in [0.15, 0.2) is 0 Å². The summed E-state index contributed by atoms with van der Waals surface area (Å²) in [4.78, 5) is 2.18. The number of halogens is 2. The van der Waals surface area contributed by atoms with Crippen LogP contribution in [0.2, 0.25) is 5.02 Å². The smallest absolute Gasteiger partial charge is 0.0589 e. The second-order valence-corrected chi connectivity index (χ2v) is 5.16. The van der Waals surface area contributed by atoms with Crippen molar-refractivity contribution in [1.29, 1.82) is 0 Å². The van der Waals surface area contributed by atoms with Crippen LogP contribution in [0, 0.1) is 0 Å². The van der Waals surface area contributed by atoms with E-state index < -0.39 is 0 Å². The van der Waals surface area contributed by atoms with E-state index in [1.165, 1.54) is 0 Å². The molecule has 1 aromatic carbocycles. The number of hydrogen-bond donors (Lipinski definition) is 1. The van der Waals surface area contributed by atoms with E-state index in [0.717, 1.165) is 16.6 Å². The van der Waals surface area contributed by atoms with E-state index in [0.29, 0.717) is 18.2 Å². The second-order valence-electron chi connectivity index (χ2n) is 3.90. The molecule has 3 nitrogen and oxygen atoms in total. The Kier molecular flexibility index (Phi) is 6.44. The lowest BCUT2D eigenvalue weighted by atomic mass is 10.1. The SMILES string of the molecule is COCCN(C)C(CN)c1ccc(Cl)c(Br)c1. The van der Waals surface area contributed by atoms with Crippen molar-refractivity contribution in [3.05, 3.63) is 33.3 Å². The van der Waals surface area contributed by atoms with Crippen LogP contribution in [0.25, 0.3) is 0 Å². The number of ether oxygens (including phenoxy) is 1. The zero-order chi connectivity index (χ0) is 12.8. The van der Waals surface area contributed by atoms with E-state index >= 15 is 0 Å². The van der Waals surface area contributed by atoms with Crippen LogP contribution < -0.4 is 5.73 Å². The molecule has 2 N–H and O–H groups in total. The van der Waals surface area contributed by atoms with Gasteiger partial charge in [0.2, 0.25) is 0 Å². The van der Waals surface area contributed by atoms with Crippen molar-refractivity contribution in [3.63, 3.8) is 0 Å². The average molecular weight is 322 g/mol. The first-order valence-electron chi connectivity index (χ1n) is 5.44. The maximum Gasteiger partial charge on any atom is 0.0589 e. The van der Waals surface area contributed by atoms with Crippen molar-refractivity contribution in [3.8, 4) is 0 Å². The molecule has 0 aliphatic carbocycles. The average Bonchev–Trinajstić information content (AvgIpc) is 2.32. The largest absolute Gasteiger partial charge is 0.383 e. The summed E-state index contributed by atoms with van der Waals surface area (Å²) in [7, 11) is 3.74. The summed E-state index contributed by atoms with van der Waals surface area (Å²) in [6.45, 7) is 2.11. The minimum atomic E-state index is 0.179. The fraction of sp³-hybridized carbons (Fsp3) is 0.500. The van der Waals surface area contributed by atoms with E-state index in [9.17, 15) is 0 Å². The molecule has 0 spiro atoms. The summed E-state index contributed by atoms with van der Waals surface area (Å²) in [5, 5.41) is 0.712. The highest BCUT2D eigenvalue weighted by molar-refractivity contribution is 9.10. The van der Waals surface area contributed by atoms with Crippen LogP contribution in [0.4, 0.5) is 0 Å². The van der Waals surface area contributed by atoms with E-state index in [2.05, 4.69) is 20.8 Å². The van der Waals surface area contributed by atoms with Crippen molar-refractivity contribution in [1.82, 2.24) is 4.90 Å². The second kappa shape index (κ2) is 7.34. The fourth-order valence-corrected chi connectivity index (χ4v) is 2.20. The van der Waals surface area contributed by atoms with Crippen molar-refractivity contribution in [2.24, 2.45) is 5.73 Å². The number of rotatable bonds is 6.